The molecular weight excluding hydrogens is 221 g/mol. The third-order valence-corrected chi connectivity index (χ3v) is 2.00. The minimum Gasteiger partial charge on any atom is -0.334 e. The van der Waals surface area contributed by atoms with Gasteiger partial charge in [0, 0.05) is 19.0 Å². The quantitative estimate of drug-likeness (QED) is 0.771. The summed E-state index contributed by atoms with van der Waals surface area (Å²) >= 11 is 0. The Kier molecular flexibility index (Phi) is 6.40. The molecule has 16 heavy (non-hydrogen) atoms. The molecule has 0 saturated carbocycles. The lowest BCUT2D eigenvalue weighted by atomic mass is 10.2. The van der Waals surface area contributed by atoms with Gasteiger partial charge < -0.3 is 10.6 Å². The summed E-state index contributed by atoms with van der Waals surface area (Å²) in [7, 11) is 0. The van der Waals surface area contributed by atoms with Crippen molar-refractivity contribution < 1.29 is 18.0 Å². The minimum atomic E-state index is -4.35. The van der Waals surface area contributed by atoms with E-state index in [0.29, 0.717) is 6.42 Å². The predicted molar refractivity (Wildman–Crippen MR) is 55.8 cm³/mol. The van der Waals surface area contributed by atoms with E-state index in [0.717, 1.165) is 11.3 Å². The van der Waals surface area contributed by atoms with Crippen LogP contribution in [0.1, 0.15) is 33.1 Å². The van der Waals surface area contributed by atoms with E-state index in [1.807, 2.05) is 6.92 Å². The zero-order valence-corrected chi connectivity index (χ0v) is 9.68. The van der Waals surface area contributed by atoms with E-state index in [2.05, 4.69) is 0 Å². The van der Waals surface area contributed by atoms with Crippen LogP contribution in [0.5, 0.6) is 0 Å². The summed E-state index contributed by atoms with van der Waals surface area (Å²) < 4.78 is 36.6. The van der Waals surface area contributed by atoms with Crippen LogP contribution in [-0.4, -0.2) is 36.1 Å². The van der Waals surface area contributed by atoms with Gasteiger partial charge in [-0.05, 0) is 13.3 Å². The number of rotatable bonds is 6. The Balaban J connectivity index is 4.35. The van der Waals surface area contributed by atoms with E-state index < -0.39 is 24.7 Å². The Bertz CT molecular complexity index is 217. The standard InChI is InChI=1S/C10H19F3N2O/c1-3-4-5-15(7-10(11,12)13)9(16)6-8(2)14/h8H,3-7,14H2,1-2H3. The summed E-state index contributed by atoms with van der Waals surface area (Å²) in [6.07, 6.45) is -3.07. The fourth-order valence-corrected chi connectivity index (χ4v) is 1.26. The lowest BCUT2D eigenvalue weighted by Gasteiger charge is -2.24. The van der Waals surface area contributed by atoms with Crippen molar-refractivity contribution in [2.75, 3.05) is 13.1 Å². The SMILES string of the molecule is CCCCN(CC(F)(F)F)C(=O)CC(C)N. The first-order chi connectivity index (χ1) is 7.26. The highest BCUT2D eigenvalue weighted by atomic mass is 19.4. The number of nitrogens with two attached hydrogens (primary N) is 1. The van der Waals surface area contributed by atoms with Crippen molar-refractivity contribution in [2.45, 2.75) is 45.3 Å². The van der Waals surface area contributed by atoms with E-state index in [9.17, 15) is 18.0 Å². The third kappa shape index (κ3) is 7.50. The molecule has 0 spiro atoms. The average molecular weight is 240 g/mol. The molecule has 0 saturated heterocycles. The van der Waals surface area contributed by atoms with Gasteiger partial charge in [-0.15, -0.1) is 0 Å². The highest BCUT2D eigenvalue weighted by Gasteiger charge is 2.32. The van der Waals surface area contributed by atoms with Crippen molar-refractivity contribution in [3.8, 4) is 0 Å². The van der Waals surface area contributed by atoms with Gasteiger partial charge in [0.1, 0.15) is 6.54 Å². The van der Waals surface area contributed by atoms with E-state index in [1.54, 1.807) is 6.92 Å². The van der Waals surface area contributed by atoms with Crippen LogP contribution in [0, 0.1) is 0 Å². The molecule has 0 fully saturated rings. The largest absolute Gasteiger partial charge is 0.406 e. The van der Waals surface area contributed by atoms with Crippen molar-refractivity contribution >= 4 is 5.91 Å². The molecule has 0 radical (unpaired) electrons. The highest BCUT2D eigenvalue weighted by molar-refractivity contribution is 5.76. The van der Waals surface area contributed by atoms with Gasteiger partial charge in [0.2, 0.25) is 5.91 Å². The van der Waals surface area contributed by atoms with Gasteiger partial charge in [0.05, 0.1) is 0 Å². The van der Waals surface area contributed by atoms with Crippen LogP contribution in [0.3, 0.4) is 0 Å². The Morgan fingerprint density at radius 3 is 2.38 bits per heavy atom. The van der Waals surface area contributed by atoms with Crippen LogP contribution in [0.2, 0.25) is 0 Å². The lowest BCUT2D eigenvalue weighted by Crippen LogP contribution is -2.41. The number of hydrogen-bond donors (Lipinski definition) is 1. The van der Waals surface area contributed by atoms with Gasteiger partial charge in [-0.25, -0.2) is 0 Å². The first-order valence-electron chi connectivity index (χ1n) is 5.36. The van der Waals surface area contributed by atoms with Crippen molar-refractivity contribution in [1.82, 2.24) is 4.90 Å². The molecule has 0 aliphatic carbocycles. The first kappa shape index (κ1) is 15.2. The predicted octanol–water partition coefficient (Wildman–Crippen LogP) is 1.91. The van der Waals surface area contributed by atoms with Crippen molar-refractivity contribution in [3.63, 3.8) is 0 Å². The smallest absolute Gasteiger partial charge is 0.334 e. The van der Waals surface area contributed by atoms with Crippen LogP contribution in [0.25, 0.3) is 0 Å². The second-order valence-corrected chi connectivity index (χ2v) is 3.97. The zero-order valence-electron chi connectivity index (χ0n) is 9.68. The normalized spacial score (nSPS) is 13.6. The maximum absolute atomic E-state index is 12.2. The average Bonchev–Trinajstić information content (AvgIpc) is 2.09. The fraction of sp³-hybridized carbons (Fsp3) is 0.900. The summed E-state index contributed by atoms with van der Waals surface area (Å²) in [5.41, 5.74) is 5.39. The maximum atomic E-state index is 12.2. The number of carbonyl (C=O) groups is 1. The van der Waals surface area contributed by atoms with Crippen LogP contribution in [0.15, 0.2) is 0 Å². The second kappa shape index (κ2) is 6.73. The topological polar surface area (TPSA) is 46.3 Å². The van der Waals surface area contributed by atoms with Gasteiger partial charge in [-0.3, -0.25) is 4.79 Å². The van der Waals surface area contributed by atoms with E-state index in [-0.39, 0.29) is 13.0 Å². The molecule has 0 heterocycles. The van der Waals surface area contributed by atoms with Crippen LogP contribution in [0.4, 0.5) is 13.2 Å². The lowest BCUT2D eigenvalue weighted by molar-refractivity contribution is -0.161. The Morgan fingerprint density at radius 1 is 1.44 bits per heavy atom. The Labute approximate surface area is 93.8 Å². The number of carbonyl (C=O) groups excluding carboxylic acids is 1. The molecule has 1 atom stereocenters. The van der Waals surface area contributed by atoms with E-state index in [4.69, 9.17) is 5.73 Å². The van der Waals surface area contributed by atoms with Crippen molar-refractivity contribution in [2.24, 2.45) is 5.73 Å². The van der Waals surface area contributed by atoms with Gasteiger partial charge in [-0.2, -0.15) is 13.2 Å². The molecule has 1 amide bonds. The maximum Gasteiger partial charge on any atom is 0.406 e. The molecule has 0 aromatic rings. The van der Waals surface area contributed by atoms with Gasteiger partial charge >= 0.3 is 6.18 Å². The number of hydrogen-bond acceptors (Lipinski definition) is 2. The molecule has 96 valence electrons. The van der Waals surface area contributed by atoms with Crippen LogP contribution in [-0.2, 0) is 4.79 Å². The minimum absolute atomic E-state index is 0.0419. The molecule has 0 bridgehead atoms. The van der Waals surface area contributed by atoms with Crippen molar-refractivity contribution in [1.29, 1.82) is 0 Å². The fourth-order valence-electron chi connectivity index (χ4n) is 1.26. The summed E-state index contributed by atoms with van der Waals surface area (Å²) in [6, 6.07) is -0.412. The number of alkyl halides is 3. The van der Waals surface area contributed by atoms with Crippen LogP contribution >= 0.6 is 0 Å². The number of amides is 1. The molecule has 0 aromatic carbocycles. The molecule has 6 heteroatoms. The number of halogens is 3. The third-order valence-electron chi connectivity index (χ3n) is 2.00. The van der Waals surface area contributed by atoms with Crippen LogP contribution < -0.4 is 5.73 Å². The second-order valence-electron chi connectivity index (χ2n) is 3.97. The monoisotopic (exact) mass is 240 g/mol. The first-order valence-corrected chi connectivity index (χ1v) is 5.36. The number of nitrogens with zero attached hydrogens (tertiary/aromatic N) is 1. The Hall–Kier alpha value is -0.780. The summed E-state index contributed by atoms with van der Waals surface area (Å²) in [4.78, 5) is 12.3. The summed E-state index contributed by atoms with van der Waals surface area (Å²) in [6.45, 7) is 2.42. The highest BCUT2D eigenvalue weighted by Crippen LogP contribution is 2.17. The van der Waals surface area contributed by atoms with Gasteiger partial charge in [0.25, 0.3) is 0 Å². The molecule has 0 rings (SSSR count). The molecular formula is C10H19F3N2O. The van der Waals surface area contributed by atoms with Gasteiger partial charge in [0.15, 0.2) is 0 Å². The molecule has 2 N–H and O–H groups in total. The van der Waals surface area contributed by atoms with E-state index >= 15 is 0 Å². The summed E-state index contributed by atoms with van der Waals surface area (Å²) in [5.74, 6) is -0.527. The molecule has 1 unspecified atom stereocenters. The molecule has 0 aromatic heterocycles. The zero-order chi connectivity index (χ0) is 12.8. The summed E-state index contributed by atoms with van der Waals surface area (Å²) in [5, 5.41) is 0. The Morgan fingerprint density at radius 2 is 2.00 bits per heavy atom. The molecule has 0 aliphatic heterocycles. The molecule has 0 aliphatic rings. The van der Waals surface area contributed by atoms with Gasteiger partial charge in [-0.1, -0.05) is 13.3 Å². The van der Waals surface area contributed by atoms with E-state index in [1.165, 1.54) is 0 Å². The van der Waals surface area contributed by atoms with Crippen molar-refractivity contribution in [3.05, 3.63) is 0 Å². The number of unbranched alkanes of at least 4 members (excludes halogenated alkanes) is 1. The molecule has 3 nitrogen and oxygen atoms in total.